The Morgan fingerprint density at radius 1 is 1.21 bits per heavy atom. The minimum absolute atomic E-state index is 0.651. The van der Waals surface area contributed by atoms with E-state index in [-0.39, 0.29) is 0 Å². The maximum Gasteiger partial charge on any atom is 0.213 e. The van der Waals surface area contributed by atoms with Crippen LogP contribution in [0.1, 0.15) is 11.4 Å². The highest BCUT2D eigenvalue weighted by molar-refractivity contribution is 9.11. The molecule has 5 heteroatoms. The molecule has 0 radical (unpaired) electrons. The molecule has 0 atom stereocenters. The first-order chi connectivity index (χ1) is 6.77. The van der Waals surface area contributed by atoms with Crippen molar-refractivity contribution in [3.05, 3.63) is 44.9 Å². The number of hydrogen-bond acceptors (Lipinski definition) is 3. The molecule has 0 bridgehead atoms. The highest BCUT2D eigenvalue weighted by Gasteiger charge is 2.08. The summed E-state index contributed by atoms with van der Waals surface area (Å²) in [5, 5.41) is 3.77. The van der Waals surface area contributed by atoms with Crippen LogP contribution in [0.15, 0.2) is 38.1 Å². The summed E-state index contributed by atoms with van der Waals surface area (Å²) in [6.45, 7) is 0. The largest absolute Gasteiger partial charge is 0.343 e. The Labute approximate surface area is 97.8 Å². The molecule has 0 saturated carbocycles. The molecule has 1 aromatic heterocycles. The number of hydrogen-bond donors (Lipinski definition) is 0. The molecule has 1 aromatic carbocycles. The fourth-order valence-corrected chi connectivity index (χ4v) is 2.41. The van der Waals surface area contributed by atoms with Crippen LogP contribution < -0.4 is 0 Å². The highest BCUT2D eigenvalue weighted by atomic mass is 79.9. The Bertz CT molecular complexity index is 408. The molecule has 2 rings (SSSR count). The van der Waals surface area contributed by atoms with Gasteiger partial charge in [-0.1, -0.05) is 43.1 Å². The molecule has 0 amide bonds. The van der Waals surface area contributed by atoms with Crippen molar-refractivity contribution in [3.63, 3.8) is 0 Å². The average Bonchev–Trinajstić information content (AvgIpc) is 2.64. The van der Waals surface area contributed by atoms with Crippen LogP contribution in [-0.2, 0) is 6.42 Å². The van der Waals surface area contributed by atoms with E-state index < -0.39 is 0 Å². The molecule has 0 aliphatic rings. The third-order valence-corrected chi connectivity index (χ3v) is 3.29. The van der Waals surface area contributed by atoms with E-state index in [1.165, 1.54) is 6.39 Å². The summed E-state index contributed by atoms with van der Waals surface area (Å²) in [5.41, 5.74) is 1.12. The predicted molar refractivity (Wildman–Crippen MR) is 58.9 cm³/mol. The SMILES string of the molecule is Brc1cccc(Br)c1Cc1ncon1. The Hall–Kier alpha value is -0.680. The van der Waals surface area contributed by atoms with Gasteiger partial charge in [0.1, 0.15) is 0 Å². The lowest BCUT2D eigenvalue weighted by molar-refractivity contribution is 0.411. The normalized spacial score (nSPS) is 10.4. The van der Waals surface area contributed by atoms with E-state index in [1.54, 1.807) is 0 Å². The number of benzene rings is 1. The van der Waals surface area contributed by atoms with E-state index in [4.69, 9.17) is 0 Å². The molecule has 0 N–H and O–H groups in total. The molecule has 72 valence electrons. The Balaban J connectivity index is 2.33. The van der Waals surface area contributed by atoms with Gasteiger partial charge in [0.05, 0.1) is 0 Å². The molecule has 0 fully saturated rings. The van der Waals surface area contributed by atoms with E-state index in [2.05, 4.69) is 46.5 Å². The van der Waals surface area contributed by atoms with Crippen LogP contribution >= 0.6 is 31.9 Å². The van der Waals surface area contributed by atoms with Gasteiger partial charge in [-0.25, -0.2) is 0 Å². The zero-order valence-electron chi connectivity index (χ0n) is 7.08. The lowest BCUT2D eigenvalue weighted by Gasteiger charge is -2.03. The fourth-order valence-electron chi connectivity index (χ4n) is 1.13. The first-order valence-corrected chi connectivity index (χ1v) is 5.54. The number of nitrogens with zero attached hydrogens (tertiary/aromatic N) is 2. The van der Waals surface area contributed by atoms with Crippen LogP contribution in [0.4, 0.5) is 0 Å². The third kappa shape index (κ3) is 2.04. The van der Waals surface area contributed by atoms with Crippen molar-refractivity contribution in [1.29, 1.82) is 0 Å². The van der Waals surface area contributed by atoms with Gasteiger partial charge in [-0.2, -0.15) is 4.98 Å². The van der Waals surface area contributed by atoms with Crippen LogP contribution in [0.25, 0.3) is 0 Å². The predicted octanol–water partition coefficient (Wildman–Crippen LogP) is 3.19. The van der Waals surface area contributed by atoms with Crippen molar-refractivity contribution in [2.24, 2.45) is 0 Å². The number of rotatable bonds is 2. The first kappa shape index (κ1) is 9.86. The summed E-state index contributed by atoms with van der Waals surface area (Å²) in [6.07, 6.45) is 1.98. The Morgan fingerprint density at radius 3 is 2.50 bits per heavy atom. The molecule has 3 nitrogen and oxygen atoms in total. The molecule has 0 spiro atoms. The molecule has 0 saturated heterocycles. The average molecular weight is 318 g/mol. The summed E-state index contributed by atoms with van der Waals surface area (Å²) in [6, 6.07) is 5.94. The van der Waals surface area contributed by atoms with Crippen LogP contribution in [0.5, 0.6) is 0 Å². The maximum absolute atomic E-state index is 4.67. The van der Waals surface area contributed by atoms with E-state index >= 15 is 0 Å². The van der Waals surface area contributed by atoms with E-state index in [0.29, 0.717) is 12.2 Å². The fraction of sp³-hybridized carbons (Fsp3) is 0.111. The summed E-state index contributed by atoms with van der Waals surface area (Å²) < 4.78 is 6.75. The van der Waals surface area contributed by atoms with Crippen molar-refractivity contribution in [3.8, 4) is 0 Å². The zero-order chi connectivity index (χ0) is 9.97. The van der Waals surface area contributed by atoms with Gasteiger partial charge < -0.3 is 4.52 Å². The molecule has 1 heterocycles. The second-order valence-corrected chi connectivity index (χ2v) is 4.43. The van der Waals surface area contributed by atoms with E-state index in [1.807, 2.05) is 18.2 Å². The lowest BCUT2D eigenvalue weighted by atomic mass is 10.1. The topological polar surface area (TPSA) is 38.9 Å². The minimum Gasteiger partial charge on any atom is -0.343 e. The van der Waals surface area contributed by atoms with Gasteiger partial charge >= 0.3 is 0 Å². The van der Waals surface area contributed by atoms with Crippen molar-refractivity contribution < 1.29 is 4.52 Å². The second kappa shape index (κ2) is 4.23. The van der Waals surface area contributed by atoms with Gasteiger partial charge in [0, 0.05) is 15.4 Å². The van der Waals surface area contributed by atoms with Gasteiger partial charge in [-0.3, -0.25) is 0 Å². The quantitative estimate of drug-likeness (QED) is 0.854. The van der Waals surface area contributed by atoms with Crippen molar-refractivity contribution in [2.75, 3.05) is 0 Å². The van der Waals surface area contributed by atoms with Crippen molar-refractivity contribution in [1.82, 2.24) is 10.1 Å². The number of aromatic nitrogens is 2. The van der Waals surface area contributed by atoms with Crippen molar-refractivity contribution >= 4 is 31.9 Å². The van der Waals surface area contributed by atoms with Gasteiger partial charge in [0.15, 0.2) is 5.82 Å². The minimum atomic E-state index is 0.651. The Kier molecular flexibility index (Phi) is 2.98. The van der Waals surface area contributed by atoms with Gasteiger partial charge in [-0.05, 0) is 17.7 Å². The standard InChI is InChI=1S/C9H6Br2N2O/c10-7-2-1-3-8(11)6(7)4-9-12-5-14-13-9/h1-3,5H,4H2. The van der Waals surface area contributed by atoms with Crippen LogP contribution in [-0.4, -0.2) is 10.1 Å². The third-order valence-electron chi connectivity index (χ3n) is 1.80. The van der Waals surface area contributed by atoms with Crippen LogP contribution in [0, 0.1) is 0 Å². The van der Waals surface area contributed by atoms with E-state index in [0.717, 1.165) is 14.5 Å². The maximum atomic E-state index is 4.67. The van der Waals surface area contributed by atoms with Gasteiger partial charge in [0.25, 0.3) is 0 Å². The van der Waals surface area contributed by atoms with Gasteiger partial charge in [-0.15, -0.1) is 0 Å². The molecular formula is C9H6Br2N2O. The molecule has 0 aliphatic carbocycles. The van der Waals surface area contributed by atoms with Crippen LogP contribution in [0.2, 0.25) is 0 Å². The second-order valence-electron chi connectivity index (χ2n) is 2.72. The highest BCUT2D eigenvalue weighted by Crippen LogP contribution is 2.26. The summed E-state index contributed by atoms with van der Waals surface area (Å²) in [5.74, 6) is 0.678. The van der Waals surface area contributed by atoms with Crippen LogP contribution in [0.3, 0.4) is 0 Å². The molecular weight excluding hydrogens is 312 g/mol. The first-order valence-electron chi connectivity index (χ1n) is 3.95. The molecule has 14 heavy (non-hydrogen) atoms. The smallest absolute Gasteiger partial charge is 0.213 e. The monoisotopic (exact) mass is 316 g/mol. The van der Waals surface area contributed by atoms with Crippen molar-refractivity contribution in [2.45, 2.75) is 6.42 Å². The lowest BCUT2D eigenvalue weighted by Crippen LogP contribution is -1.93. The zero-order valence-corrected chi connectivity index (χ0v) is 10.2. The summed E-state index contributed by atoms with van der Waals surface area (Å²) >= 11 is 6.95. The summed E-state index contributed by atoms with van der Waals surface area (Å²) in [7, 11) is 0. The summed E-state index contributed by atoms with van der Waals surface area (Å²) in [4.78, 5) is 3.97. The molecule has 0 unspecified atom stereocenters. The number of halogens is 2. The van der Waals surface area contributed by atoms with E-state index in [9.17, 15) is 0 Å². The molecule has 0 aliphatic heterocycles. The van der Waals surface area contributed by atoms with Gasteiger partial charge in [0.2, 0.25) is 6.39 Å². The molecule has 2 aromatic rings. The Morgan fingerprint density at radius 2 is 1.93 bits per heavy atom.